The molecule has 0 saturated heterocycles. The second-order valence-corrected chi connectivity index (χ2v) is 2.81. The van der Waals surface area contributed by atoms with E-state index in [1.807, 2.05) is 0 Å². The smallest absolute Gasteiger partial charge is 0.134 e. The molecule has 2 nitrogen and oxygen atoms in total. The fraction of sp³-hybridized carbons (Fsp3) is 0.857. The predicted molar refractivity (Wildman–Crippen MR) is 36.0 cm³/mol. The lowest BCUT2D eigenvalue weighted by Crippen LogP contribution is -2.28. The third-order valence-electron chi connectivity index (χ3n) is 2.09. The Balaban J connectivity index is 2.49. The molecule has 0 radical (unpaired) electrons. The molecule has 0 aliphatic heterocycles. The Morgan fingerprint density at radius 2 is 2.22 bits per heavy atom. The van der Waals surface area contributed by atoms with Gasteiger partial charge in [-0.3, -0.25) is 4.79 Å². The molecule has 2 atom stereocenters. The largest absolute Gasteiger partial charge is 0.327 e. The average molecular weight is 127 g/mol. The summed E-state index contributed by atoms with van der Waals surface area (Å²) in [6.07, 6.45) is 3.17. The molecule has 0 aromatic carbocycles. The number of Topliss-reactive ketones (excluding diaryl/α,β-unsaturated/α-hetero) is 1. The van der Waals surface area contributed by atoms with Crippen LogP contribution < -0.4 is 5.73 Å². The van der Waals surface area contributed by atoms with Crippen molar-refractivity contribution in [3.05, 3.63) is 0 Å². The zero-order chi connectivity index (χ0) is 6.85. The van der Waals surface area contributed by atoms with Gasteiger partial charge in [0, 0.05) is 12.0 Å². The molecular weight excluding hydrogens is 114 g/mol. The molecule has 2 heteroatoms. The Bertz CT molecular complexity index is 122. The quantitative estimate of drug-likeness (QED) is 0.563. The maximum atomic E-state index is 10.8. The minimum absolute atomic E-state index is 0.155. The highest BCUT2D eigenvalue weighted by molar-refractivity contribution is 5.79. The average Bonchev–Trinajstić information content (AvgIpc) is 2.13. The lowest BCUT2D eigenvalue weighted by Gasteiger charge is -2.09. The highest BCUT2D eigenvalue weighted by Crippen LogP contribution is 2.24. The lowest BCUT2D eigenvalue weighted by atomic mass is 10.0. The van der Waals surface area contributed by atoms with Crippen molar-refractivity contribution in [3.63, 3.8) is 0 Å². The first kappa shape index (κ1) is 6.75. The Kier molecular flexibility index (Phi) is 1.86. The second-order valence-electron chi connectivity index (χ2n) is 2.81. The van der Waals surface area contributed by atoms with E-state index in [0.717, 1.165) is 19.3 Å². The first-order valence-corrected chi connectivity index (χ1v) is 3.48. The zero-order valence-electron chi connectivity index (χ0n) is 5.76. The van der Waals surface area contributed by atoms with E-state index in [1.54, 1.807) is 6.92 Å². The van der Waals surface area contributed by atoms with Gasteiger partial charge in [0.25, 0.3) is 0 Å². The van der Waals surface area contributed by atoms with E-state index in [1.165, 1.54) is 0 Å². The number of nitrogens with two attached hydrogens (primary N) is 1. The van der Waals surface area contributed by atoms with E-state index in [2.05, 4.69) is 0 Å². The van der Waals surface area contributed by atoms with Gasteiger partial charge in [0.1, 0.15) is 5.78 Å². The lowest BCUT2D eigenvalue weighted by molar-refractivity contribution is -0.120. The van der Waals surface area contributed by atoms with Crippen molar-refractivity contribution in [1.29, 1.82) is 0 Å². The number of hydrogen-bond donors (Lipinski definition) is 1. The number of carbonyl (C=O) groups excluding carboxylic acids is 1. The molecule has 0 spiro atoms. The van der Waals surface area contributed by atoms with Crippen LogP contribution in [0.15, 0.2) is 0 Å². The van der Waals surface area contributed by atoms with Crippen LogP contribution in [0, 0.1) is 5.92 Å². The summed E-state index contributed by atoms with van der Waals surface area (Å²) in [6, 6.07) is 0.155. The van der Waals surface area contributed by atoms with Crippen LogP contribution in [0.4, 0.5) is 0 Å². The topological polar surface area (TPSA) is 43.1 Å². The van der Waals surface area contributed by atoms with Crippen molar-refractivity contribution in [1.82, 2.24) is 0 Å². The van der Waals surface area contributed by atoms with Crippen LogP contribution in [0.5, 0.6) is 0 Å². The first-order chi connectivity index (χ1) is 4.22. The van der Waals surface area contributed by atoms with Gasteiger partial charge >= 0.3 is 0 Å². The highest BCUT2D eigenvalue weighted by atomic mass is 16.1. The van der Waals surface area contributed by atoms with Crippen molar-refractivity contribution >= 4 is 5.78 Å². The molecule has 0 heterocycles. The monoisotopic (exact) mass is 127 g/mol. The molecule has 0 bridgehead atoms. The van der Waals surface area contributed by atoms with Gasteiger partial charge in [-0.05, 0) is 19.8 Å². The van der Waals surface area contributed by atoms with E-state index >= 15 is 0 Å². The molecule has 1 unspecified atom stereocenters. The van der Waals surface area contributed by atoms with E-state index in [-0.39, 0.29) is 17.7 Å². The summed E-state index contributed by atoms with van der Waals surface area (Å²) in [5.41, 5.74) is 5.66. The molecule has 52 valence electrons. The molecule has 1 rings (SSSR count). The number of ketones is 1. The Morgan fingerprint density at radius 1 is 1.56 bits per heavy atom. The van der Waals surface area contributed by atoms with E-state index in [4.69, 9.17) is 5.73 Å². The molecule has 9 heavy (non-hydrogen) atoms. The minimum atomic E-state index is 0.155. The molecular formula is C7H13NO. The fourth-order valence-electron chi connectivity index (χ4n) is 1.49. The molecule has 1 aliphatic rings. The summed E-state index contributed by atoms with van der Waals surface area (Å²) < 4.78 is 0. The van der Waals surface area contributed by atoms with Gasteiger partial charge in [0.05, 0.1) is 0 Å². The van der Waals surface area contributed by atoms with E-state index in [0.29, 0.717) is 0 Å². The van der Waals surface area contributed by atoms with E-state index in [9.17, 15) is 4.79 Å². The summed E-state index contributed by atoms with van der Waals surface area (Å²) in [7, 11) is 0. The molecule has 1 aliphatic carbocycles. The van der Waals surface area contributed by atoms with Crippen molar-refractivity contribution in [2.75, 3.05) is 0 Å². The normalized spacial score (nSPS) is 34.9. The van der Waals surface area contributed by atoms with Crippen LogP contribution in [0.1, 0.15) is 26.2 Å². The third kappa shape index (κ3) is 1.30. The Morgan fingerprint density at radius 3 is 2.44 bits per heavy atom. The first-order valence-electron chi connectivity index (χ1n) is 3.48. The molecule has 0 aromatic rings. The highest BCUT2D eigenvalue weighted by Gasteiger charge is 2.26. The number of hydrogen-bond acceptors (Lipinski definition) is 2. The van der Waals surface area contributed by atoms with Crippen molar-refractivity contribution in [2.45, 2.75) is 32.2 Å². The minimum Gasteiger partial charge on any atom is -0.327 e. The maximum Gasteiger partial charge on any atom is 0.134 e. The maximum absolute atomic E-state index is 10.8. The molecule has 0 aromatic heterocycles. The van der Waals surface area contributed by atoms with Gasteiger partial charge < -0.3 is 5.73 Å². The molecule has 1 fully saturated rings. The molecule has 2 N–H and O–H groups in total. The number of carbonyl (C=O) groups is 1. The SMILES string of the molecule is CC(=O)C1CCC[C@H]1N. The zero-order valence-corrected chi connectivity index (χ0v) is 5.76. The van der Waals surface area contributed by atoms with E-state index < -0.39 is 0 Å². The third-order valence-corrected chi connectivity index (χ3v) is 2.09. The van der Waals surface area contributed by atoms with Gasteiger partial charge in [-0.1, -0.05) is 6.42 Å². The Hall–Kier alpha value is -0.370. The second kappa shape index (κ2) is 2.48. The van der Waals surface area contributed by atoms with Crippen LogP contribution >= 0.6 is 0 Å². The van der Waals surface area contributed by atoms with Crippen LogP contribution in [0.2, 0.25) is 0 Å². The van der Waals surface area contributed by atoms with Crippen molar-refractivity contribution in [3.8, 4) is 0 Å². The van der Waals surface area contributed by atoms with Crippen LogP contribution in [0.25, 0.3) is 0 Å². The Labute approximate surface area is 55.4 Å². The fourth-order valence-corrected chi connectivity index (χ4v) is 1.49. The van der Waals surface area contributed by atoms with Gasteiger partial charge in [-0.25, -0.2) is 0 Å². The predicted octanol–water partition coefficient (Wildman–Crippen LogP) is 0.703. The van der Waals surface area contributed by atoms with Crippen LogP contribution in [0.3, 0.4) is 0 Å². The molecule has 1 saturated carbocycles. The van der Waals surface area contributed by atoms with Gasteiger partial charge in [0.15, 0.2) is 0 Å². The van der Waals surface area contributed by atoms with Gasteiger partial charge in [-0.15, -0.1) is 0 Å². The summed E-state index contributed by atoms with van der Waals surface area (Å²) >= 11 is 0. The standard InChI is InChI=1S/C7H13NO/c1-5(9)6-3-2-4-7(6)8/h6-7H,2-4,8H2,1H3/t6?,7-/m1/s1. The van der Waals surface area contributed by atoms with Crippen molar-refractivity contribution < 1.29 is 4.79 Å². The van der Waals surface area contributed by atoms with Crippen molar-refractivity contribution in [2.24, 2.45) is 11.7 Å². The molecule has 0 amide bonds. The summed E-state index contributed by atoms with van der Waals surface area (Å²) in [6.45, 7) is 1.63. The van der Waals surface area contributed by atoms with Crippen LogP contribution in [-0.2, 0) is 4.79 Å². The summed E-state index contributed by atoms with van der Waals surface area (Å²) in [4.78, 5) is 10.8. The van der Waals surface area contributed by atoms with Gasteiger partial charge in [-0.2, -0.15) is 0 Å². The summed E-state index contributed by atoms with van der Waals surface area (Å²) in [5, 5.41) is 0. The summed E-state index contributed by atoms with van der Waals surface area (Å²) in [5.74, 6) is 0.435. The van der Waals surface area contributed by atoms with Crippen LogP contribution in [-0.4, -0.2) is 11.8 Å². The van der Waals surface area contributed by atoms with Gasteiger partial charge in [0.2, 0.25) is 0 Å². The number of rotatable bonds is 1.